The zero-order chi connectivity index (χ0) is 12.9. The van der Waals surface area contributed by atoms with Crippen LogP contribution in [0.25, 0.3) is 16.0 Å². The number of halogens is 1. The van der Waals surface area contributed by atoms with Crippen LogP contribution in [0.1, 0.15) is 5.56 Å². The molecule has 0 amide bonds. The fourth-order valence-electron chi connectivity index (χ4n) is 1.87. The summed E-state index contributed by atoms with van der Waals surface area (Å²) in [6.45, 7) is 1.70. The van der Waals surface area contributed by atoms with Gasteiger partial charge in [-0.25, -0.2) is 9.07 Å². The summed E-state index contributed by atoms with van der Waals surface area (Å²) in [7, 11) is 0. The molecule has 0 bridgehead atoms. The standard InChI is InChI=1S/C11H9FN4OS/c1-5-2-6(12)3-7(17)9(5)16-4-8-10(15-16)14-11(13)18-8/h2-4,17H,1H3,(H2,13,14,15). The van der Waals surface area contributed by atoms with E-state index in [1.807, 2.05) is 0 Å². The van der Waals surface area contributed by atoms with Gasteiger partial charge in [0.25, 0.3) is 0 Å². The molecule has 0 spiro atoms. The van der Waals surface area contributed by atoms with Crippen molar-refractivity contribution in [2.45, 2.75) is 6.92 Å². The number of aryl methyl sites for hydroxylation is 1. The van der Waals surface area contributed by atoms with Crippen LogP contribution in [-0.4, -0.2) is 19.9 Å². The molecule has 3 aromatic rings. The van der Waals surface area contributed by atoms with Gasteiger partial charge in [0.2, 0.25) is 0 Å². The zero-order valence-electron chi connectivity index (χ0n) is 9.38. The summed E-state index contributed by atoms with van der Waals surface area (Å²) in [6.07, 6.45) is 1.71. The average Bonchev–Trinajstić information content (AvgIpc) is 2.72. The lowest BCUT2D eigenvalue weighted by Crippen LogP contribution is -1.99. The van der Waals surface area contributed by atoms with Crippen LogP contribution in [-0.2, 0) is 0 Å². The minimum absolute atomic E-state index is 0.157. The van der Waals surface area contributed by atoms with Crippen molar-refractivity contribution in [1.29, 1.82) is 0 Å². The van der Waals surface area contributed by atoms with E-state index in [1.165, 1.54) is 22.1 Å². The van der Waals surface area contributed by atoms with Gasteiger partial charge in [-0.3, -0.25) is 0 Å². The molecule has 92 valence electrons. The molecular weight excluding hydrogens is 255 g/mol. The lowest BCUT2D eigenvalue weighted by atomic mass is 10.2. The number of hydrogen-bond acceptors (Lipinski definition) is 5. The average molecular weight is 264 g/mol. The van der Waals surface area contributed by atoms with Crippen LogP contribution in [0.15, 0.2) is 18.3 Å². The Labute approximate surface area is 105 Å². The van der Waals surface area contributed by atoms with Crippen molar-refractivity contribution in [3.8, 4) is 11.4 Å². The summed E-state index contributed by atoms with van der Waals surface area (Å²) in [5.41, 5.74) is 7.11. The van der Waals surface area contributed by atoms with Crippen LogP contribution < -0.4 is 5.73 Å². The van der Waals surface area contributed by atoms with E-state index in [0.717, 1.165) is 10.8 Å². The molecule has 0 aliphatic carbocycles. The van der Waals surface area contributed by atoms with Crippen molar-refractivity contribution in [1.82, 2.24) is 14.8 Å². The first-order chi connectivity index (χ1) is 8.54. The van der Waals surface area contributed by atoms with Crippen molar-refractivity contribution in [2.75, 3.05) is 5.73 Å². The quantitative estimate of drug-likeness (QED) is 0.706. The van der Waals surface area contributed by atoms with E-state index >= 15 is 0 Å². The minimum Gasteiger partial charge on any atom is -0.506 e. The third-order valence-corrected chi connectivity index (χ3v) is 3.38. The van der Waals surface area contributed by atoms with Crippen LogP contribution in [0.2, 0.25) is 0 Å². The van der Waals surface area contributed by atoms with Crippen LogP contribution >= 0.6 is 11.3 Å². The van der Waals surface area contributed by atoms with Crippen molar-refractivity contribution in [3.05, 3.63) is 29.7 Å². The maximum Gasteiger partial charge on any atom is 0.194 e. The van der Waals surface area contributed by atoms with Gasteiger partial charge in [-0.1, -0.05) is 11.3 Å². The molecule has 0 fully saturated rings. The smallest absolute Gasteiger partial charge is 0.194 e. The Morgan fingerprint density at radius 1 is 1.44 bits per heavy atom. The van der Waals surface area contributed by atoms with Crippen molar-refractivity contribution < 1.29 is 9.50 Å². The molecule has 0 saturated heterocycles. The molecule has 2 aromatic heterocycles. The molecule has 3 rings (SSSR count). The number of nitrogens with zero attached hydrogens (tertiary/aromatic N) is 3. The van der Waals surface area contributed by atoms with Crippen LogP contribution in [0.4, 0.5) is 9.52 Å². The topological polar surface area (TPSA) is 77.0 Å². The second-order valence-electron chi connectivity index (χ2n) is 3.90. The largest absolute Gasteiger partial charge is 0.506 e. The molecule has 3 N–H and O–H groups in total. The Bertz CT molecular complexity index is 694. The minimum atomic E-state index is -0.481. The summed E-state index contributed by atoms with van der Waals surface area (Å²) < 4.78 is 15.4. The van der Waals surface area contributed by atoms with E-state index in [1.54, 1.807) is 13.1 Å². The third-order valence-electron chi connectivity index (χ3n) is 2.57. The molecule has 2 heterocycles. The summed E-state index contributed by atoms with van der Waals surface area (Å²) in [4.78, 5) is 4.04. The molecule has 5 nitrogen and oxygen atoms in total. The summed E-state index contributed by atoms with van der Waals surface area (Å²) in [5, 5.41) is 14.5. The first-order valence-electron chi connectivity index (χ1n) is 5.16. The number of nitrogens with two attached hydrogens (primary N) is 1. The molecule has 0 aliphatic rings. The van der Waals surface area contributed by atoms with Crippen LogP contribution in [0.5, 0.6) is 5.75 Å². The fraction of sp³-hybridized carbons (Fsp3) is 0.0909. The number of aromatic hydroxyl groups is 1. The number of fused-ring (bicyclic) bond motifs is 1. The maximum absolute atomic E-state index is 13.1. The Hall–Kier alpha value is -2.15. The first-order valence-corrected chi connectivity index (χ1v) is 5.97. The number of phenols is 1. The van der Waals surface area contributed by atoms with Crippen molar-refractivity contribution in [2.24, 2.45) is 0 Å². The molecule has 0 atom stereocenters. The van der Waals surface area contributed by atoms with Crippen molar-refractivity contribution >= 4 is 26.8 Å². The number of aromatic nitrogens is 3. The number of thiazole rings is 1. The zero-order valence-corrected chi connectivity index (χ0v) is 10.2. The number of phenolic OH excluding ortho intramolecular Hbond substituents is 1. The molecule has 7 heteroatoms. The lowest BCUT2D eigenvalue weighted by molar-refractivity contribution is 0.463. The molecule has 0 radical (unpaired) electrons. The van der Waals surface area contributed by atoms with E-state index in [4.69, 9.17) is 5.73 Å². The van der Waals surface area contributed by atoms with Crippen LogP contribution in [0.3, 0.4) is 0 Å². The number of benzene rings is 1. The van der Waals surface area contributed by atoms with E-state index < -0.39 is 5.82 Å². The van der Waals surface area contributed by atoms with E-state index in [-0.39, 0.29) is 5.75 Å². The monoisotopic (exact) mass is 264 g/mol. The first kappa shape index (κ1) is 11.0. The Balaban J connectivity index is 2.22. The molecule has 0 saturated carbocycles. The number of anilines is 1. The Morgan fingerprint density at radius 3 is 2.89 bits per heavy atom. The predicted octanol–water partition coefficient (Wildman–Crippen LogP) is 2.22. The van der Waals surface area contributed by atoms with Gasteiger partial charge in [-0.2, -0.15) is 4.98 Å². The molecule has 18 heavy (non-hydrogen) atoms. The van der Waals surface area contributed by atoms with Gasteiger partial charge in [0.15, 0.2) is 10.8 Å². The van der Waals surface area contributed by atoms with Gasteiger partial charge in [0, 0.05) is 6.07 Å². The number of nitrogen functional groups attached to an aromatic ring is 1. The van der Waals surface area contributed by atoms with E-state index in [0.29, 0.717) is 22.0 Å². The van der Waals surface area contributed by atoms with Gasteiger partial charge in [-0.05, 0) is 18.6 Å². The van der Waals surface area contributed by atoms with Gasteiger partial charge in [0.05, 0.1) is 10.9 Å². The van der Waals surface area contributed by atoms with Gasteiger partial charge >= 0.3 is 0 Å². The molecule has 0 aliphatic heterocycles. The lowest BCUT2D eigenvalue weighted by Gasteiger charge is -2.08. The van der Waals surface area contributed by atoms with E-state index in [2.05, 4.69) is 10.1 Å². The molecule has 1 aromatic carbocycles. The number of hydrogen-bond donors (Lipinski definition) is 2. The van der Waals surface area contributed by atoms with Crippen LogP contribution in [0, 0.1) is 12.7 Å². The molecule has 0 unspecified atom stereocenters. The number of rotatable bonds is 1. The van der Waals surface area contributed by atoms with E-state index in [9.17, 15) is 9.50 Å². The Kier molecular flexibility index (Phi) is 2.24. The normalized spacial score (nSPS) is 11.2. The predicted molar refractivity (Wildman–Crippen MR) is 67.5 cm³/mol. The van der Waals surface area contributed by atoms with Gasteiger partial charge in [0.1, 0.15) is 17.3 Å². The SMILES string of the molecule is Cc1cc(F)cc(O)c1-n1cc2sc(N)nc2n1. The maximum atomic E-state index is 13.1. The van der Waals surface area contributed by atoms with Gasteiger partial charge in [-0.15, -0.1) is 5.10 Å². The highest BCUT2D eigenvalue weighted by atomic mass is 32.1. The molecular formula is C11H9FN4OS. The summed E-state index contributed by atoms with van der Waals surface area (Å²) in [5.74, 6) is -0.638. The third kappa shape index (κ3) is 1.60. The summed E-state index contributed by atoms with van der Waals surface area (Å²) >= 11 is 1.31. The second kappa shape index (κ2) is 3.67. The highest BCUT2D eigenvalue weighted by molar-refractivity contribution is 7.21. The highest BCUT2D eigenvalue weighted by Crippen LogP contribution is 2.29. The highest BCUT2D eigenvalue weighted by Gasteiger charge is 2.13. The van der Waals surface area contributed by atoms with Crippen molar-refractivity contribution in [3.63, 3.8) is 0 Å². The summed E-state index contributed by atoms with van der Waals surface area (Å²) in [6, 6.07) is 2.40. The fourth-order valence-corrected chi connectivity index (χ4v) is 2.56. The second-order valence-corrected chi connectivity index (χ2v) is 4.97. The van der Waals surface area contributed by atoms with Gasteiger partial charge < -0.3 is 10.8 Å². The Morgan fingerprint density at radius 2 is 2.22 bits per heavy atom.